The van der Waals surface area contributed by atoms with Crippen molar-refractivity contribution in [2.75, 3.05) is 5.32 Å². The normalized spacial score (nSPS) is 10.7. The predicted octanol–water partition coefficient (Wildman–Crippen LogP) is 2.60. The lowest BCUT2D eigenvalue weighted by atomic mass is 10.2. The lowest BCUT2D eigenvalue weighted by Gasteiger charge is -2.08. The third-order valence-electron chi connectivity index (χ3n) is 2.74. The summed E-state index contributed by atoms with van der Waals surface area (Å²) in [7, 11) is 1.32. The van der Waals surface area contributed by atoms with Gasteiger partial charge in [-0.3, -0.25) is 14.8 Å². The largest absolute Gasteiger partial charge is 0.326 e. The van der Waals surface area contributed by atoms with Crippen molar-refractivity contribution in [3.8, 4) is 0 Å². The molecule has 1 aromatic heterocycles. The number of hydrogen-bond acceptors (Lipinski definition) is 3. The average molecular weight is 330 g/mol. The number of urea groups is 1. The van der Waals surface area contributed by atoms with E-state index in [4.69, 9.17) is 0 Å². The Balaban J connectivity index is 2.13. The molecule has 0 aliphatic rings. The third-order valence-corrected chi connectivity index (χ3v) is 2.74. The molecule has 2 N–H and O–H groups in total. The molecule has 2 rings (SSSR count). The first-order valence-corrected chi connectivity index (χ1v) is 6.17. The molecule has 0 saturated heterocycles. The van der Waals surface area contributed by atoms with Gasteiger partial charge in [0.25, 0.3) is 12.3 Å². The summed E-state index contributed by atoms with van der Waals surface area (Å²) in [4.78, 5) is 23.4. The van der Waals surface area contributed by atoms with E-state index in [2.05, 4.69) is 5.10 Å². The summed E-state index contributed by atoms with van der Waals surface area (Å²) in [6.45, 7) is 0. The van der Waals surface area contributed by atoms with E-state index in [-0.39, 0.29) is 0 Å². The summed E-state index contributed by atoms with van der Waals surface area (Å²) in [5.41, 5.74) is -2.10. The first kappa shape index (κ1) is 16.5. The number of alkyl halides is 2. The zero-order chi connectivity index (χ0) is 17.1. The highest BCUT2D eigenvalue weighted by atomic mass is 19.3. The van der Waals surface area contributed by atoms with Gasteiger partial charge in [0.15, 0.2) is 0 Å². The number of aryl methyl sites for hydroxylation is 1. The fourth-order valence-electron chi connectivity index (χ4n) is 1.77. The summed E-state index contributed by atoms with van der Waals surface area (Å²) in [5, 5.41) is 6.90. The molecule has 0 bridgehead atoms. The number of nitrogens with zero attached hydrogens (tertiary/aromatic N) is 2. The number of carbonyl (C=O) groups excluding carboxylic acids is 2. The topological polar surface area (TPSA) is 76.0 Å². The zero-order valence-corrected chi connectivity index (χ0v) is 11.6. The van der Waals surface area contributed by atoms with Crippen molar-refractivity contribution in [2.24, 2.45) is 7.05 Å². The molecule has 0 unspecified atom stereocenters. The minimum absolute atomic E-state index is 0.522. The van der Waals surface area contributed by atoms with Crippen molar-refractivity contribution in [2.45, 2.75) is 6.43 Å². The molecular formula is C13H10F4N4O2. The lowest BCUT2D eigenvalue weighted by molar-refractivity contribution is 0.0952. The summed E-state index contributed by atoms with van der Waals surface area (Å²) in [5.74, 6) is -3.29. The molecule has 0 fully saturated rings. The Morgan fingerprint density at radius 1 is 1.22 bits per heavy atom. The van der Waals surface area contributed by atoms with Crippen LogP contribution in [0.25, 0.3) is 0 Å². The molecule has 122 valence electrons. The summed E-state index contributed by atoms with van der Waals surface area (Å²) in [6, 6.07) is 1.61. The second-order valence-corrected chi connectivity index (χ2v) is 4.41. The Hall–Kier alpha value is -2.91. The van der Waals surface area contributed by atoms with Crippen molar-refractivity contribution in [3.05, 3.63) is 47.3 Å². The van der Waals surface area contributed by atoms with Gasteiger partial charge in [0.05, 0.1) is 5.56 Å². The number of amides is 3. The van der Waals surface area contributed by atoms with Crippen LogP contribution < -0.4 is 10.6 Å². The van der Waals surface area contributed by atoms with Crippen LogP contribution in [0, 0.1) is 11.6 Å². The third kappa shape index (κ3) is 3.65. The Morgan fingerprint density at radius 2 is 1.83 bits per heavy atom. The molecule has 0 atom stereocenters. The molecule has 3 amide bonds. The van der Waals surface area contributed by atoms with Crippen LogP contribution in [0.5, 0.6) is 0 Å². The quantitative estimate of drug-likeness (QED) is 0.850. The van der Waals surface area contributed by atoms with Gasteiger partial charge in [-0.2, -0.15) is 5.10 Å². The van der Waals surface area contributed by atoms with E-state index in [9.17, 15) is 27.2 Å². The summed E-state index contributed by atoms with van der Waals surface area (Å²) >= 11 is 0. The predicted molar refractivity (Wildman–Crippen MR) is 71.0 cm³/mol. The minimum Gasteiger partial charge on any atom is -0.302 e. The second kappa shape index (κ2) is 6.46. The number of rotatable bonds is 3. The van der Waals surface area contributed by atoms with Gasteiger partial charge in [0, 0.05) is 13.2 Å². The Kier molecular flexibility index (Phi) is 4.63. The van der Waals surface area contributed by atoms with Crippen LogP contribution >= 0.6 is 0 Å². The SMILES string of the molecule is Cn1cc(C(=O)NC(=O)Nc2c(F)cccc2F)c(C(F)F)n1. The fourth-order valence-corrected chi connectivity index (χ4v) is 1.77. The average Bonchev–Trinajstić information content (AvgIpc) is 2.85. The van der Waals surface area contributed by atoms with Crippen molar-refractivity contribution < 1.29 is 27.2 Å². The van der Waals surface area contributed by atoms with Crippen LogP contribution in [0.2, 0.25) is 0 Å². The zero-order valence-electron chi connectivity index (χ0n) is 11.6. The molecule has 0 radical (unpaired) electrons. The summed E-state index contributed by atoms with van der Waals surface area (Å²) in [6.07, 6.45) is -2.03. The number of aromatic nitrogens is 2. The lowest BCUT2D eigenvalue weighted by Crippen LogP contribution is -2.35. The number of para-hydroxylation sites is 1. The first-order chi connectivity index (χ1) is 10.8. The maximum Gasteiger partial charge on any atom is 0.326 e. The Bertz CT molecular complexity index is 740. The standard InChI is InChI=1S/C13H10F4N4O2/c1-21-5-6(9(20-21)11(16)17)12(22)19-13(23)18-10-7(14)3-2-4-8(10)15/h2-5,11H,1H3,(H2,18,19,22,23). The molecule has 23 heavy (non-hydrogen) atoms. The monoisotopic (exact) mass is 330 g/mol. The molecule has 6 nitrogen and oxygen atoms in total. The first-order valence-electron chi connectivity index (χ1n) is 6.17. The molecule has 10 heteroatoms. The van der Waals surface area contributed by atoms with Gasteiger partial charge in [-0.25, -0.2) is 22.4 Å². The smallest absolute Gasteiger partial charge is 0.302 e. The molecule has 0 aliphatic carbocycles. The van der Waals surface area contributed by atoms with Crippen LogP contribution in [-0.4, -0.2) is 21.7 Å². The van der Waals surface area contributed by atoms with Crippen molar-refractivity contribution in [3.63, 3.8) is 0 Å². The van der Waals surface area contributed by atoms with Gasteiger partial charge in [-0.1, -0.05) is 6.07 Å². The van der Waals surface area contributed by atoms with Crippen molar-refractivity contribution in [1.82, 2.24) is 15.1 Å². The number of nitrogens with one attached hydrogen (secondary N) is 2. The number of imide groups is 1. The van der Waals surface area contributed by atoms with Gasteiger partial charge < -0.3 is 5.32 Å². The molecular weight excluding hydrogens is 320 g/mol. The van der Waals surface area contributed by atoms with Crippen LogP contribution in [0.1, 0.15) is 22.5 Å². The van der Waals surface area contributed by atoms with Crippen molar-refractivity contribution >= 4 is 17.6 Å². The highest BCUT2D eigenvalue weighted by Gasteiger charge is 2.24. The van der Waals surface area contributed by atoms with Gasteiger partial charge >= 0.3 is 6.03 Å². The van der Waals surface area contributed by atoms with Gasteiger partial charge in [0.1, 0.15) is 23.0 Å². The molecule has 1 heterocycles. The molecule has 0 aliphatic heterocycles. The fraction of sp³-hybridized carbons (Fsp3) is 0.154. The van der Waals surface area contributed by atoms with E-state index in [1.807, 2.05) is 0 Å². The maximum atomic E-state index is 13.4. The van der Waals surface area contributed by atoms with E-state index in [0.717, 1.165) is 29.1 Å². The number of halogens is 4. The van der Waals surface area contributed by atoms with E-state index in [0.29, 0.717) is 0 Å². The van der Waals surface area contributed by atoms with Crippen LogP contribution in [0.4, 0.5) is 28.0 Å². The number of anilines is 1. The number of carbonyl (C=O) groups is 2. The minimum atomic E-state index is -3.02. The van der Waals surface area contributed by atoms with Crippen LogP contribution in [0.15, 0.2) is 24.4 Å². The highest BCUT2D eigenvalue weighted by Crippen LogP contribution is 2.21. The maximum absolute atomic E-state index is 13.4. The van der Waals surface area contributed by atoms with Crippen LogP contribution in [-0.2, 0) is 7.05 Å². The van der Waals surface area contributed by atoms with E-state index in [1.165, 1.54) is 7.05 Å². The van der Waals surface area contributed by atoms with Gasteiger partial charge in [-0.15, -0.1) is 0 Å². The second-order valence-electron chi connectivity index (χ2n) is 4.41. The van der Waals surface area contributed by atoms with E-state index >= 15 is 0 Å². The number of hydrogen-bond donors (Lipinski definition) is 2. The Labute approximate surface area is 127 Å². The highest BCUT2D eigenvalue weighted by molar-refractivity contribution is 6.08. The molecule has 1 aromatic carbocycles. The number of benzene rings is 1. The van der Waals surface area contributed by atoms with Crippen LogP contribution in [0.3, 0.4) is 0 Å². The Morgan fingerprint density at radius 3 is 2.39 bits per heavy atom. The molecule has 2 aromatic rings. The molecule has 0 spiro atoms. The summed E-state index contributed by atoms with van der Waals surface area (Å²) < 4.78 is 53.2. The van der Waals surface area contributed by atoms with E-state index < -0.39 is 46.9 Å². The van der Waals surface area contributed by atoms with Gasteiger partial charge in [-0.05, 0) is 12.1 Å². The van der Waals surface area contributed by atoms with Gasteiger partial charge in [0.2, 0.25) is 0 Å². The molecule has 0 saturated carbocycles. The van der Waals surface area contributed by atoms with Crippen molar-refractivity contribution in [1.29, 1.82) is 0 Å². The van der Waals surface area contributed by atoms with E-state index in [1.54, 1.807) is 10.6 Å².